The Kier molecular flexibility index (Phi) is 10.8. The van der Waals surface area contributed by atoms with Crippen LogP contribution in [-0.2, 0) is 13.1 Å². The highest BCUT2D eigenvalue weighted by Crippen LogP contribution is 2.27. The van der Waals surface area contributed by atoms with Crippen LogP contribution in [0.4, 0.5) is 21.0 Å². The van der Waals surface area contributed by atoms with Crippen LogP contribution in [0.3, 0.4) is 0 Å². The lowest BCUT2D eigenvalue weighted by atomic mass is 10.0. The Labute approximate surface area is 249 Å². The lowest BCUT2D eigenvalue weighted by molar-refractivity contribution is 0.174. The maximum absolute atomic E-state index is 13.6. The van der Waals surface area contributed by atoms with E-state index in [9.17, 15) is 9.59 Å². The van der Waals surface area contributed by atoms with Gasteiger partial charge in [-0.2, -0.15) is 0 Å². The second-order valence-electron chi connectivity index (χ2n) is 11.7. The highest BCUT2D eigenvalue weighted by Gasteiger charge is 2.27. The molecule has 0 atom stereocenters. The van der Waals surface area contributed by atoms with Crippen molar-refractivity contribution in [2.75, 3.05) is 10.6 Å². The van der Waals surface area contributed by atoms with Crippen molar-refractivity contribution in [1.82, 2.24) is 19.8 Å². The summed E-state index contributed by atoms with van der Waals surface area (Å²) in [6.45, 7) is 1.05. The van der Waals surface area contributed by atoms with Gasteiger partial charge in [0, 0.05) is 37.6 Å². The van der Waals surface area contributed by atoms with Crippen LogP contribution >= 0.6 is 0 Å². The summed E-state index contributed by atoms with van der Waals surface area (Å²) < 4.78 is 0. The first-order valence-corrected chi connectivity index (χ1v) is 15.7. The van der Waals surface area contributed by atoms with Gasteiger partial charge in [-0.3, -0.25) is 9.97 Å². The Hall–Kier alpha value is -3.94. The van der Waals surface area contributed by atoms with Gasteiger partial charge in [-0.25, -0.2) is 9.59 Å². The number of urea groups is 2. The van der Waals surface area contributed by atoms with E-state index in [0.29, 0.717) is 24.5 Å². The number of pyridine rings is 2. The molecule has 5 rings (SSSR count). The molecule has 222 valence electrons. The van der Waals surface area contributed by atoms with E-state index in [1.807, 2.05) is 34.1 Å². The largest absolute Gasteiger partial charge is 0.322 e. The number of rotatable bonds is 8. The monoisotopic (exact) mass is 568 g/mol. The van der Waals surface area contributed by atoms with E-state index in [1.54, 1.807) is 24.8 Å². The van der Waals surface area contributed by atoms with E-state index in [0.717, 1.165) is 62.5 Å². The number of hydrogen-bond acceptors (Lipinski definition) is 4. The number of carbonyl (C=O) groups excluding carboxylic acids is 2. The summed E-state index contributed by atoms with van der Waals surface area (Å²) in [5.41, 5.74) is 3.56. The molecule has 2 aliphatic carbocycles. The van der Waals surface area contributed by atoms with Gasteiger partial charge in [-0.1, -0.05) is 75.6 Å². The van der Waals surface area contributed by atoms with Gasteiger partial charge in [0.2, 0.25) is 0 Å². The minimum atomic E-state index is -0.0868. The van der Waals surface area contributed by atoms with Gasteiger partial charge in [-0.15, -0.1) is 0 Å². The quantitative estimate of drug-likeness (QED) is 0.270. The molecule has 2 aromatic heterocycles. The summed E-state index contributed by atoms with van der Waals surface area (Å²) in [6.07, 6.45) is 20.3. The maximum atomic E-state index is 13.6. The summed E-state index contributed by atoms with van der Waals surface area (Å²) in [4.78, 5) is 39.6. The van der Waals surface area contributed by atoms with E-state index >= 15 is 0 Å². The Morgan fingerprint density at radius 1 is 0.619 bits per heavy atom. The molecular weight excluding hydrogens is 524 g/mol. The molecule has 0 aliphatic heterocycles. The number of anilines is 2. The topological polar surface area (TPSA) is 90.5 Å². The first-order chi connectivity index (χ1) is 20.7. The van der Waals surface area contributed by atoms with E-state index in [-0.39, 0.29) is 24.1 Å². The lowest BCUT2D eigenvalue weighted by Gasteiger charge is -2.33. The van der Waals surface area contributed by atoms with Crippen molar-refractivity contribution in [2.24, 2.45) is 0 Å². The normalized spacial score (nSPS) is 16.6. The van der Waals surface area contributed by atoms with Crippen LogP contribution in [0.1, 0.15) is 88.2 Å². The lowest BCUT2D eigenvalue weighted by Crippen LogP contribution is -2.43. The predicted molar refractivity (Wildman–Crippen MR) is 167 cm³/mol. The fraction of sp³-hybridized carbons (Fsp3) is 0.471. The molecule has 2 N–H and O–H groups in total. The second-order valence-corrected chi connectivity index (χ2v) is 11.7. The standard InChI is InChI=1S/C34H44N6O2/c41-33(37-29-14-10-20-35-23-29)39(31-16-5-1-2-6-17-31)25-27-12-9-13-28(22-27)26-40(32-18-7-3-4-8-19-32)34(42)38-30-15-11-21-36-24-30/h9-15,20-24,31-32H,1-8,16-19,25-26H2,(H,37,41)(H,38,42). The summed E-state index contributed by atoms with van der Waals surface area (Å²) in [6, 6.07) is 16.0. The molecule has 3 aromatic rings. The molecule has 2 fully saturated rings. The average molecular weight is 569 g/mol. The van der Waals surface area contributed by atoms with Crippen LogP contribution in [0.5, 0.6) is 0 Å². The van der Waals surface area contributed by atoms with Crippen molar-refractivity contribution < 1.29 is 9.59 Å². The minimum Gasteiger partial charge on any atom is -0.317 e. The Morgan fingerprint density at radius 2 is 1.05 bits per heavy atom. The number of hydrogen-bond donors (Lipinski definition) is 2. The first kappa shape index (κ1) is 29.5. The van der Waals surface area contributed by atoms with Crippen molar-refractivity contribution in [3.63, 3.8) is 0 Å². The van der Waals surface area contributed by atoms with Crippen molar-refractivity contribution in [3.05, 3.63) is 84.4 Å². The molecule has 0 radical (unpaired) electrons. The zero-order valence-electron chi connectivity index (χ0n) is 24.6. The van der Waals surface area contributed by atoms with Crippen LogP contribution in [0.15, 0.2) is 73.3 Å². The van der Waals surface area contributed by atoms with E-state index in [4.69, 9.17) is 0 Å². The fourth-order valence-electron chi connectivity index (χ4n) is 6.36. The van der Waals surface area contributed by atoms with Gasteiger partial charge in [0.05, 0.1) is 23.8 Å². The third-order valence-electron chi connectivity index (χ3n) is 8.58. The zero-order chi connectivity index (χ0) is 29.0. The molecule has 2 heterocycles. The van der Waals surface area contributed by atoms with Gasteiger partial charge >= 0.3 is 12.1 Å². The fourth-order valence-corrected chi connectivity index (χ4v) is 6.36. The number of nitrogens with zero attached hydrogens (tertiary/aromatic N) is 4. The van der Waals surface area contributed by atoms with Crippen LogP contribution in [0.25, 0.3) is 0 Å². The second kappa shape index (κ2) is 15.3. The zero-order valence-corrected chi connectivity index (χ0v) is 24.6. The molecule has 8 heteroatoms. The minimum absolute atomic E-state index is 0.0868. The SMILES string of the molecule is O=C(Nc1cccnc1)N(Cc1cccc(CN(C(=O)Nc2cccnc2)C2CCCCCC2)c1)C1CCCCCC1. The van der Waals surface area contributed by atoms with Crippen molar-refractivity contribution in [2.45, 2.75) is 102 Å². The van der Waals surface area contributed by atoms with Crippen molar-refractivity contribution in [3.8, 4) is 0 Å². The Morgan fingerprint density at radius 3 is 1.43 bits per heavy atom. The highest BCUT2D eigenvalue weighted by molar-refractivity contribution is 5.90. The summed E-state index contributed by atoms with van der Waals surface area (Å²) in [5, 5.41) is 6.14. The van der Waals surface area contributed by atoms with Gasteiger partial charge in [-0.05, 0) is 61.1 Å². The van der Waals surface area contributed by atoms with E-state index in [1.165, 1.54) is 25.7 Å². The van der Waals surface area contributed by atoms with Crippen LogP contribution < -0.4 is 10.6 Å². The smallest absolute Gasteiger partial charge is 0.317 e. The molecule has 0 bridgehead atoms. The third kappa shape index (κ3) is 8.54. The third-order valence-corrected chi connectivity index (χ3v) is 8.58. The summed E-state index contributed by atoms with van der Waals surface area (Å²) >= 11 is 0. The number of amides is 4. The number of aromatic nitrogens is 2. The van der Waals surface area contributed by atoms with Crippen LogP contribution in [0.2, 0.25) is 0 Å². The number of benzene rings is 1. The molecule has 0 spiro atoms. The molecule has 8 nitrogen and oxygen atoms in total. The van der Waals surface area contributed by atoms with Gasteiger partial charge in [0.15, 0.2) is 0 Å². The molecule has 2 saturated carbocycles. The Balaban J connectivity index is 1.34. The van der Waals surface area contributed by atoms with Gasteiger partial charge in [0.25, 0.3) is 0 Å². The van der Waals surface area contributed by atoms with E-state index < -0.39 is 0 Å². The first-order valence-electron chi connectivity index (χ1n) is 15.7. The molecule has 0 unspecified atom stereocenters. The predicted octanol–water partition coefficient (Wildman–Crippen LogP) is 7.99. The van der Waals surface area contributed by atoms with Crippen molar-refractivity contribution in [1.29, 1.82) is 0 Å². The number of carbonyl (C=O) groups is 2. The molecule has 1 aromatic carbocycles. The van der Waals surface area contributed by atoms with Gasteiger partial charge in [0.1, 0.15) is 0 Å². The van der Waals surface area contributed by atoms with E-state index in [2.05, 4.69) is 44.9 Å². The van der Waals surface area contributed by atoms with Crippen LogP contribution in [-0.4, -0.2) is 43.9 Å². The molecule has 4 amide bonds. The number of nitrogens with one attached hydrogen (secondary N) is 2. The molecule has 0 saturated heterocycles. The average Bonchev–Trinajstić information content (AvgIpc) is 3.46. The van der Waals surface area contributed by atoms with Gasteiger partial charge < -0.3 is 20.4 Å². The summed E-state index contributed by atoms with van der Waals surface area (Å²) in [5.74, 6) is 0. The summed E-state index contributed by atoms with van der Waals surface area (Å²) in [7, 11) is 0. The van der Waals surface area contributed by atoms with Crippen molar-refractivity contribution >= 4 is 23.4 Å². The maximum Gasteiger partial charge on any atom is 0.322 e. The molecular formula is C34H44N6O2. The highest BCUT2D eigenvalue weighted by atomic mass is 16.2. The molecule has 2 aliphatic rings. The Bertz CT molecular complexity index is 1160. The molecule has 42 heavy (non-hydrogen) atoms. The van der Waals surface area contributed by atoms with Crippen LogP contribution in [0, 0.1) is 0 Å².